The molecule has 1 unspecified atom stereocenters. The molecule has 1 amide bonds. The van der Waals surface area contributed by atoms with Crippen molar-refractivity contribution in [1.29, 1.82) is 0 Å². The number of nitrogens with zero attached hydrogens (tertiary/aromatic N) is 4. The molecule has 0 aliphatic carbocycles. The van der Waals surface area contributed by atoms with Gasteiger partial charge in [0.05, 0.1) is 12.2 Å². The minimum atomic E-state index is -0.923. The van der Waals surface area contributed by atoms with Gasteiger partial charge in [-0.3, -0.25) is 4.79 Å². The average Bonchev–Trinajstić information content (AvgIpc) is 3.05. The number of carbonyl (C=O) groups is 1. The molecule has 3 rings (SSSR count). The second kappa shape index (κ2) is 7.87. The zero-order valence-corrected chi connectivity index (χ0v) is 15.8. The van der Waals surface area contributed by atoms with E-state index in [1.165, 1.54) is 4.68 Å². The van der Waals surface area contributed by atoms with E-state index in [0.29, 0.717) is 34.2 Å². The van der Waals surface area contributed by atoms with Gasteiger partial charge in [-0.25, -0.2) is 9.67 Å². The van der Waals surface area contributed by atoms with E-state index in [9.17, 15) is 9.90 Å². The summed E-state index contributed by atoms with van der Waals surface area (Å²) in [7, 11) is 3.76. The lowest BCUT2D eigenvalue weighted by molar-refractivity contribution is 0.0990. The van der Waals surface area contributed by atoms with E-state index in [4.69, 9.17) is 17.3 Å². The molecule has 1 atom stereocenters. The second-order valence-electron chi connectivity index (χ2n) is 6.38. The van der Waals surface area contributed by atoms with Crippen LogP contribution in [-0.4, -0.2) is 44.8 Å². The topological polar surface area (TPSA) is 97.3 Å². The number of aromatic nitrogens is 3. The molecule has 0 aliphatic rings. The molecule has 3 N–H and O–H groups in total. The summed E-state index contributed by atoms with van der Waals surface area (Å²) in [5.41, 5.74) is 7.20. The second-order valence-corrected chi connectivity index (χ2v) is 6.82. The van der Waals surface area contributed by atoms with Gasteiger partial charge in [0.15, 0.2) is 0 Å². The zero-order chi connectivity index (χ0) is 19.6. The minimum Gasteiger partial charge on any atom is -0.384 e. The fourth-order valence-corrected chi connectivity index (χ4v) is 2.96. The van der Waals surface area contributed by atoms with Crippen LogP contribution in [0.3, 0.4) is 0 Å². The smallest absolute Gasteiger partial charge is 0.288 e. The molecule has 0 spiro atoms. The van der Waals surface area contributed by atoms with Crippen molar-refractivity contribution in [2.75, 3.05) is 14.1 Å². The first-order chi connectivity index (χ1) is 12.9. The van der Waals surface area contributed by atoms with E-state index in [2.05, 4.69) is 10.1 Å². The van der Waals surface area contributed by atoms with Crippen LogP contribution in [0, 0.1) is 0 Å². The van der Waals surface area contributed by atoms with Gasteiger partial charge in [-0.1, -0.05) is 41.9 Å². The fraction of sp³-hybridized carbons (Fsp3) is 0.211. The summed E-state index contributed by atoms with van der Waals surface area (Å²) in [6.07, 6.45) is -0.923. The highest BCUT2D eigenvalue weighted by molar-refractivity contribution is 6.30. The van der Waals surface area contributed by atoms with Crippen LogP contribution in [0.2, 0.25) is 5.02 Å². The average molecular weight is 386 g/mol. The van der Waals surface area contributed by atoms with Crippen LogP contribution in [0.25, 0.3) is 5.69 Å². The molecule has 0 aliphatic heterocycles. The molecule has 3 aromatic rings. The first kappa shape index (κ1) is 19.0. The number of nitrogens with two attached hydrogens (primary N) is 1. The highest BCUT2D eigenvalue weighted by Crippen LogP contribution is 2.30. The third-order valence-electron chi connectivity index (χ3n) is 3.98. The lowest BCUT2D eigenvalue weighted by Gasteiger charge is -2.18. The third kappa shape index (κ3) is 4.16. The summed E-state index contributed by atoms with van der Waals surface area (Å²) in [6.45, 7) is 0.434. The van der Waals surface area contributed by atoms with Crippen molar-refractivity contribution >= 4 is 17.5 Å². The van der Waals surface area contributed by atoms with E-state index in [1.807, 2.05) is 49.3 Å². The van der Waals surface area contributed by atoms with Gasteiger partial charge in [0.1, 0.15) is 11.9 Å². The van der Waals surface area contributed by atoms with E-state index in [-0.39, 0.29) is 5.82 Å². The van der Waals surface area contributed by atoms with E-state index < -0.39 is 12.0 Å². The minimum absolute atomic E-state index is 0.0815. The number of rotatable bonds is 6. The Morgan fingerprint density at radius 1 is 1.26 bits per heavy atom. The summed E-state index contributed by atoms with van der Waals surface area (Å²) in [6, 6.07) is 14.3. The van der Waals surface area contributed by atoms with Crippen molar-refractivity contribution in [1.82, 2.24) is 19.7 Å². The normalized spacial score (nSPS) is 12.3. The predicted molar refractivity (Wildman–Crippen MR) is 103 cm³/mol. The van der Waals surface area contributed by atoms with Crippen molar-refractivity contribution in [3.05, 3.63) is 76.3 Å². The van der Waals surface area contributed by atoms with Crippen LogP contribution >= 0.6 is 11.6 Å². The first-order valence-electron chi connectivity index (χ1n) is 8.30. The van der Waals surface area contributed by atoms with E-state index in [0.717, 1.165) is 0 Å². The number of primary amides is 1. The molecular formula is C19H20ClN5O2. The van der Waals surface area contributed by atoms with Crippen molar-refractivity contribution in [2.24, 2.45) is 5.73 Å². The highest BCUT2D eigenvalue weighted by Gasteiger charge is 2.21. The molecule has 0 radical (unpaired) electrons. The lowest BCUT2D eigenvalue weighted by atomic mass is 10.00. The monoisotopic (exact) mass is 385 g/mol. The van der Waals surface area contributed by atoms with Crippen LogP contribution < -0.4 is 5.73 Å². The molecule has 0 bridgehead atoms. The van der Waals surface area contributed by atoms with Gasteiger partial charge in [0.2, 0.25) is 5.82 Å². The summed E-state index contributed by atoms with van der Waals surface area (Å²) >= 11 is 6.18. The third-order valence-corrected chi connectivity index (χ3v) is 4.21. The standard InChI is InChI=1S/C19H20ClN5O2/c1-24(2)11-16-22-19(18(21)27)23-25(16)15-9-8-13(20)10-14(15)17(26)12-6-4-3-5-7-12/h3-10,17,26H,11H2,1-2H3,(H2,21,27). The number of benzene rings is 2. The first-order valence-corrected chi connectivity index (χ1v) is 8.68. The number of hydrogen-bond donors (Lipinski definition) is 2. The van der Waals surface area contributed by atoms with E-state index in [1.54, 1.807) is 18.2 Å². The van der Waals surface area contributed by atoms with Crippen LogP contribution in [-0.2, 0) is 6.54 Å². The number of aliphatic hydroxyl groups excluding tert-OH is 1. The molecule has 0 saturated heterocycles. The van der Waals surface area contributed by atoms with Gasteiger partial charge in [0, 0.05) is 10.6 Å². The van der Waals surface area contributed by atoms with Gasteiger partial charge in [0.25, 0.3) is 5.91 Å². The predicted octanol–water partition coefficient (Wildman–Crippen LogP) is 2.16. The molecule has 1 heterocycles. The van der Waals surface area contributed by atoms with Crippen molar-refractivity contribution in [3.63, 3.8) is 0 Å². The number of hydrogen-bond acceptors (Lipinski definition) is 5. The summed E-state index contributed by atoms with van der Waals surface area (Å²) in [4.78, 5) is 17.7. The van der Waals surface area contributed by atoms with Crippen molar-refractivity contribution in [3.8, 4) is 5.69 Å². The Hall–Kier alpha value is -2.74. The van der Waals surface area contributed by atoms with Crippen LogP contribution in [0.4, 0.5) is 0 Å². The maximum atomic E-state index is 11.6. The number of carbonyl (C=O) groups excluding carboxylic acids is 1. The van der Waals surface area contributed by atoms with Crippen LogP contribution in [0.1, 0.15) is 33.7 Å². The summed E-state index contributed by atoms with van der Waals surface area (Å²) in [5, 5.41) is 15.7. The summed E-state index contributed by atoms with van der Waals surface area (Å²) < 4.78 is 1.53. The van der Waals surface area contributed by atoms with Gasteiger partial charge >= 0.3 is 0 Å². The zero-order valence-electron chi connectivity index (χ0n) is 15.0. The number of halogens is 1. The lowest BCUT2D eigenvalue weighted by Crippen LogP contribution is -2.17. The fourth-order valence-electron chi connectivity index (χ4n) is 2.78. The quantitative estimate of drug-likeness (QED) is 0.677. The number of amides is 1. The Kier molecular flexibility index (Phi) is 5.55. The molecule has 8 heteroatoms. The Balaban J connectivity index is 2.16. The summed E-state index contributed by atoms with van der Waals surface area (Å²) in [5.74, 6) is -0.271. The van der Waals surface area contributed by atoms with Gasteiger partial charge in [-0.15, -0.1) is 5.10 Å². The van der Waals surface area contributed by atoms with Gasteiger partial charge in [-0.2, -0.15) is 0 Å². The van der Waals surface area contributed by atoms with Crippen molar-refractivity contribution < 1.29 is 9.90 Å². The Bertz CT molecular complexity index is 956. The Morgan fingerprint density at radius 2 is 1.96 bits per heavy atom. The maximum absolute atomic E-state index is 11.6. The SMILES string of the molecule is CN(C)Cc1nc(C(N)=O)nn1-c1ccc(Cl)cc1C(O)c1ccccc1. The number of aliphatic hydroxyl groups is 1. The van der Waals surface area contributed by atoms with Gasteiger partial charge in [-0.05, 0) is 37.9 Å². The van der Waals surface area contributed by atoms with Crippen LogP contribution in [0.15, 0.2) is 48.5 Å². The highest BCUT2D eigenvalue weighted by atomic mass is 35.5. The largest absolute Gasteiger partial charge is 0.384 e. The van der Waals surface area contributed by atoms with Gasteiger partial charge < -0.3 is 15.7 Å². The molecule has 0 saturated carbocycles. The maximum Gasteiger partial charge on any atom is 0.288 e. The van der Waals surface area contributed by atoms with E-state index >= 15 is 0 Å². The molecular weight excluding hydrogens is 366 g/mol. The Labute approximate surface area is 162 Å². The molecule has 1 aromatic heterocycles. The van der Waals surface area contributed by atoms with Crippen molar-refractivity contribution in [2.45, 2.75) is 12.6 Å². The molecule has 140 valence electrons. The van der Waals surface area contributed by atoms with Crippen LogP contribution in [0.5, 0.6) is 0 Å². The Morgan fingerprint density at radius 3 is 2.59 bits per heavy atom. The molecule has 0 fully saturated rings. The molecule has 2 aromatic carbocycles. The molecule has 27 heavy (non-hydrogen) atoms. The molecule has 7 nitrogen and oxygen atoms in total.